The van der Waals surface area contributed by atoms with E-state index in [0.29, 0.717) is 11.4 Å². The van der Waals surface area contributed by atoms with Crippen LogP contribution in [0.15, 0.2) is 54.7 Å². The molecule has 0 saturated carbocycles. The molecule has 0 bridgehead atoms. The van der Waals surface area contributed by atoms with Crippen LogP contribution in [0, 0.1) is 0 Å². The number of amides is 1. The van der Waals surface area contributed by atoms with Gasteiger partial charge in [0.05, 0.1) is 13.2 Å². The van der Waals surface area contributed by atoms with Gasteiger partial charge in [-0.3, -0.25) is 9.78 Å². The van der Waals surface area contributed by atoms with Crippen LogP contribution in [0.3, 0.4) is 0 Å². The minimum atomic E-state index is -1.13. The molecule has 3 rings (SSSR count). The molecule has 154 valence electrons. The van der Waals surface area contributed by atoms with E-state index in [-0.39, 0.29) is 31.9 Å². The number of hydrogen-bond donors (Lipinski definition) is 0. The third-order valence-electron chi connectivity index (χ3n) is 4.88. The molecule has 0 spiro atoms. The summed E-state index contributed by atoms with van der Waals surface area (Å²) in [5.41, 5.74) is 0.604. The maximum atomic E-state index is 13.1. The molecule has 7 heteroatoms. The molecule has 1 saturated heterocycles. The van der Waals surface area contributed by atoms with Crippen molar-refractivity contribution in [2.45, 2.75) is 18.1 Å². The van der Waals surface area contributed by atoms with Crippen molar-refractivity contribution < 1.29 is 23.7 Å². The van der Waals surface area contributed by atoms with E-state index in [1.54, 1.807) is 31.4 Å². The van der Waals surface area contributed by atoms with E-state index in [9.17, 15) is 4.79 Å². The lowest BCUT2D eigenvalue weighted by Crippen LogP contribution is -2.75. The van der Waals surface area contributed by atoms with Gasteiger partial charge in [0.25, 0.3) is 5.91 Å². The molecule has 0 aliphatic carbocycles. The van der Waals surface area contributed by atoms with Gasteiger partial charge in [-0.1, -0.05) is 42.5 Å². The van der Waals surface area contributed by atoms with Crippen LogP contribution >= 0.6 is 0 Å². The van der Waals surface area contributed by atoms with Crippen molar-refractivity contribution in [1.82, 2.24) is 9.88 Å². The Morgan fingerprint density at radius 2 is 1.93 bits per heavy atom. The van der Waals surface area contributed by atoms with E-state index < -0.39 is 5.60 Å². The largest absolute Gasteiger partial charge is 0.497 e. The molecular weight excluding hydrogens is 372 g/mol. The summed E-state index contributed by atoms with van der Waals surface area (Å²) in [6, 6.07) is 13.1. The molecule has 1 amide bonds. The second-order valence-electron chi connectivity index (χ2n) is 6.71. The predicted octanol–water partition coefficient (Wildman–Crippen LogP) is 2.52. The van der Waals surface area contributed by atoms with Gasteiger partial charge < -0.3 is 23.8 Å². The first kappa shape index (κ1) is 21.0. The number of likely N-dealkylation sites (tertiary alicyclic amines) is 1. The van der Waals surface area contributed by atoms with E-state index in [4.69, 9.17) is 18.9 Å². The van der Waals surface area contributed by atoms with Crippen LogP contribution in [0.4, 0.5) is 0 Å². The zero-order valence-electron chi connectivity index (χ0n) is 16.9. The predicted molar refractivity (Wildman–Crippen MR) is 108 cm³/mol. The molecule has 1 aliphatic rings. The molecule has 1 fully saturated rings. The summed E-state index contributed by atoms with van der Waals surface area (Å²) in [6.45, 7) is 0.165. The Kier molecular flexibility index (Phi) is 6.98. The maximum absolute atomic E-state index is 13.1. The second kappa shape index (κ2) is 9.65. The van der Waals surface area contributed by atoms with Crippen molar-refractivity contribution in [3.05, 3.63) is 66.0 Å². The number of pyridine rings is 1. The Hall–Kier alpha value is -2.74. The van der Waals surface area contributed by atoms with E-state index in [0.717, 1.165) is 5.56 Å². The van der Waals surface area contributed by atoms with Gasteiger partial charge in [0.15, 0.2) is 5.60 Å². The average molecular weight is 398 g/mol. The fourth-order valence-corrected chi connectivity index (χ4v) is 3.48. The van der Waals surface area contributed by atoms with Crippen molar-refractivity contribution >= 4 is 12.0 Å². The SMILES string of the molecule is COCO[C@@]1(Cc2cc(OC)ccn2)C(=O)N(COC)[C@H]1/C=C/c1ccccc1. The number of rotatable bonds is 10. The standard InChI is InChI=1S/C22H26N2O5/c1-26-15-24-20(10-9-17-7-5-4-6-8-17)22(21(24)25,29-16-27-2)14-18-13-19(28-3)11-12-23-18/h4-13,20H,14-16H2,1-3H3/b10-9+/t20-,22+/m0/s1. The highest BCUT2D eigenvalue weighted by molar-refractivity contribution is 5.94. The van der Waals surface area contributed by atoms with E-state index in [2.05, 4.69) is 4.98 Å². The zero-order valence-corrected chi connectivity index (χ0v) is 16.9. The summed E-state index contributed by atoms with van der Waals surface area (Å²) in [4.78, 5) is 19.2. The Balaban J connectivity index is 1.93. The van der Waals surface area contributed by atoms with Gasteiger partial charge >= 0.3 is 0 Å². The minimum absolute atomic E-state index is 0.00773. The third kappa shape index (κ3) is 4.48. The van der Waals surface area contributed by atoms with Gasteiger partial charge in [-0.05, 0) is 11.6 Å². The van der Waals surface area contributed by atoms with Crippen LogP contribution in [0.2, 0.25) is 0 Å². The van der Waals surface area contributed by atoms with Crippen molar-refractivity contribution in [2.24, 2.45) is 0 Å². The number of methoxy groups -OCH3 is 3. The zero-order chi connectivity index (χ0) is 20.7. The fraction of sp³-hybridized carbons (Fsp3) is 0.364. The highest BCUT2D eigenvalue weighted by atomic mass is 16.7. The van der Waals surface area contributed by atoms with Crippen molar-refractivity contribution in [3.8, 4) is 5.75 Å². The molecule has 2 atom stereocenters. The van der Waals surface area contributed by atoms with Gasteiger partial charge in [0, 0.05) is 38.6 Å². The first-order valence-corrected chi connectivity index (χ1v) is 9.29. The number of carbonyl (C=O) groups is 1. The maximum Gasteiger partial charge on any atom is 0.260 e. The highest BCUT2D eigenvalue weighted by Gasteiger charge is 2.61. The summed E-state index contributed by atoms with van der Waals surface area (Å²) >= 11 is 0. The van der Waals surface area contributed by atoms with Crippen molar-refractivity contribution in [2.75, 3.05) is 34.9 Å². The summed E-state index contributed by atoms with van der Waals surface area (Å²) in [5, 5.41) is 0. The second-order valence-corrected chi connectivity index (χ2v) is 6.71. The molecule has 0 radical (unpaired) electrons. The van der Waals surface area contributed by atoms with Crippen LogP contribution < -0.4 is 4.74 Å². The number of aromatic nitrogens is 1. The molecule has 1 aromatic carbocycles. The first-order valence-electron chi connectivity index (χ1n) is 9.29. The summed E-state index contributed by atoms with van der Waals surface area (Å²) in [5.74, 6) is 0.512. The number of β-lactam (4-membered cyclic amide) rings is 1. The lowest BCUT2D eigenvalue weighted by molar-refractivity contribution is -0.225. The average Bonchev–Trinajstić information content (AvgIpc) is 2.77. The molecule has 0 unspecified atom stereocenters. The van der Waals surface area contributed by atoms with Gasteiger partial charge in [-0.25, -0.2) is 0 Å². The van der Waals surface area contributed by atoms with Crippen molar-refractivity contribution in [3.63, 3.8) is 0 Å². The van der Waals surface area contributed by atoms with Crippen LogP contribution in [0.1, 0.15) is 11.3 Å². The molecule has 2 heterocycles. The molecule has 2 aromatic rings. The monoisotopic (exact) mass is 398 g/mol. The summed E-state index contributed by atoms with van der Waals surface area (Å²) in [6.07, 6.45) is 5.88. The highest BCUT2D eigenvalue weighted by Crippen LogP contribution is 2.39. The number of ether oxygens (including phenoxy) is 4. The quantitative estimate of drug-likeness (QED) is 0.452. The van der Waals surface area contributed by atoms with Crippen LogP contribution in [-0.2, 0) is 25.4 Å². The van der Waals surface area contributed by atoms with Crippen LogP contribution in [0.25, 0.3) is 6.08 Å². The topological polar surface area (TPSA) is 70.1 Å². The molecule has 1 aliphatic heterocycles. The lowest BCUT2D eigenvalue weighted by Gasteiger charge is -2.53. The molecule has 1 aromatic heterocycles. The minimum Gasteiger partial charge on any atom is -0.497 e. The molecule has 29 heavy (non-hydrogen) atoms. The van der Waals surface area contributed by atoms with Gasteiger partial charge in [0.1, 0.15) is 19.3 Å². The van der Waals surface area contributed by atoms with Crippen molar-refractivity contribution in [1.29, 1.82) is 0 Å². The normalized spacial score (nSPS) is 21.4. The Morgan fingerprint density at radius 3 is 2.62 bits per heavy atom. The number of nitrogens with zero attached hydrogens (tertiary/aromatic N) is 2. The number of carbonyl (C=O) groups excluding carboxylic acids is 1. The summed E-state index contributed by atoms with van der Waals surface area (Å²) in [7, 11) is 4.68. The number of benzene rings is 1. The fourth-order valence-electron chi connectivity index (χ4n) is 3.48. The lowest BCUT2D eigenvalue weighted by atomic mass is 9.78. The molecular formula is C22H26N2O5. The Morgan fingerprint density at radius 1 is 1.14 bits per heavy atom. The first-order chi connectivity index (χ1) is 14.1. The van der Waals surface area contributed by atoms with Gasteiger partial charge in [0.2, 0.25) is 0 Å². The van der Waals surface area contributed by atoms with E-state index in [1.165, 1.54) is 7.11 Å². The molecule has 0 N–H and O–H groups in total. The summed E-state index contributed by atoms with van der Waals surface area (Å²) < 4.78 is 21.6. The Labute approximate surface area is 170 Å². The number of hydrogen-bond acceptors (Lipinski definition) is 6. The van der Waals surface area contributed by atoms with E-state index in [1.807, 2.05) is 48.6 Å². The van der Waals surface area contributed by atoms with Gasteiger partial charge in [-0.15, -0.1) is 0 Å². The van der Waals surface area contributed by atoms with Crippen LogP contribution in [-0.4, -0.2) is 62.3 Å². The third-order valence-corrected chi connectivity index (χ3v) is 4.88. The van der Waals surface area contributed by atoms with Gasteiger partial charge in [-0.2, -0.15) is 0 Å². The van der Waals surface area contributed by atoms with Crippen LogP contribution in [0.5, 0.6) is 5.75 Å². The Bertz CT molecular complexity index is 842. The van der Waals surface area contributed by atoms with E-state index >= 15 is 0 Å². The molecule has 7 nitrogen and oxygen atoms in total. The smallest absolute Gasteiger partial charge is 0.260 e.